The Balaban J connectivity index is 3.06. The SMILES string of the molecule is COC(=O)c1ccc(N)c(N(CCN(C)C)CC(C)C)n1. The normalized spacial score (nSPS) is 11.0. The number of likely N-dealkylation sites (N-methyl/N-ethyl adjacent to an activating group) is 1. The number of pyridine rings is 1. The molecule has 6 heteroatoms. The topological polar surface area (TPSA) is 71.7 Å². The standard InChI is InChI=1S/C15H26N4O2/c1-11(2)10-19(9-8-18(3)4)14-12(16)6-7-13(17-14)15(20)21-5/h6-7,11H,8-10,16H2,1-5H3. The zero-order chi connectivity index (χ0) is 16.0. The molecule has 0 atom stereocenters. The van der Waals surface area contributed by atoms with E-state index in [4.69, 9.17) is 10.5 Å². The molecular formula is C15H26N4O2. The van der Waals surface area contributed by atoms with Crippen molar-refractivity contribution in [3.05, 3.63) is 17.8 Å². The van der Waals surface area contributed by atoms with Crippen LogP contribution in [0, 0.1) is 5.92 Å². The molecule has 0 unspecified atom stereocenters. The minimum Gasteiger partial charge on any atom is -0.464 e. The first-order chi connectivity index (χ1) is 9.85. The van der Waals surface area contributed by atoms with Gasteiger partial charge >= 0.3 is 5.97 Å². The highest BCUT2D eigenvalue weighted by Crippen LogP contribution is 2.22. The molecule has 1 rings (SSSR count). The van der Waals surface area contributed by atoms with E-state index in [1.165, 1.54) is 7.11 Å². The van der Waals surface area contributed by atoms with Crippen LogP contribution in [0.15, 0.2) is 12.1 Å². The predicted octanol–water partition coefficient (Wildman–Crippen LogP) is 1.47. The van der Waals surface area contributed by atoms with E-state index in [-0.39, 0.29) is 5.69 Å². The van der Waals surface area contributed by atoms with Crippen LogP contribution in [0.4, 0.5) is 11.5 Å². The first kappa shape index (κ1) is 17.2. The van der Waals surface area contributed by atoms with E-state index >= 15 is 0 Å². The number of nitrogens with zero attached hydrogens (tertiary/aromatic N) is 3. The van der Waals surface area contributed by atoms with Crippen LogP contribution in [0.5, 0.6) is 0 Å². The average molecular weight is 294 g/mol. The lowest BCUT2D eigenvalue weighted by Gasteiger charge is -2.28. The van der Waals surface area contributed by atoms with Crippen molar-refractivity contribution in [3.8, 4) is 0 Å². The van der Waals surface area contributed by atoms with E-state index in [9.17, 15) is 4.79 Å². The van der Waals surface area contributed by atoms with Crippen LogP contribution in [0.2, 0.25) is 0 Å². The van der Waals surface area contributed by atoms with Crippen LogP contribution in [-0.2, 0) is 4.74 Å². The van der Waals surface area contributed by atoms with Gasteiger partial charge in [0.25, 0.3) is 0 Å². The lowest BCUT2D eigenvalue weighted by molar-refractivity contribution is 0.0594. The highest BCUT2D eigenvalue weighted by atomic mass is 16.5. The van der Waals surface area contributed by atoms with Crippen molar-refractivity contribution >= 4 is 17.5 Å². The number of carbonyl (C=O) groups is 1. The number of ether oxygens (including phenoxy) is 1. The van der Waals surface area contributed by atoms with Gasteiger partial charge < -0.3 is 20.3 Å². The number of aromatic nitrogens is 1. The Hall–Kier alpha value is -1.82. The first-order valence-electron chi connectivity index (χ1n) is 7.09. The van der Waals surface area contributed by atoms with Gasteiger partial charge in [0.15, 0.2) is 11.5 Å². The van der Waals surface area contributed by atoms with Crippen molar-refractivity contribution in [3.63, 3.8) is 0 Å². The van der Waals surface area contributed by atoms with Crippen LogP contribution in [0.1, 0.15) is 24.3 Å². The highest BCUT2D eigenvalue weighted by molar-refractivity contribution is 5.88. The number of hydrogen-bond acceptors (Lipinski definition) is 6. The number of hydrogen-bond donors (Lipinski definition) is 1. The Morgan fingerprint density at radius 1 is 1.33 bits per heavy atom. The number of nitrogens with two attached hydrogens (primary N) is 1. The monoisotopic (exact) mass is 294 g/mol. The second-order valence-corrected chi connectivity index (χ2v) is 5.74. The van der Waals surface area contributed by atoms with Crippen molar-refractivity contribution in [2.75, 3.05) is 51.5 Å². The van der Waals surface area contributed by atoms with Crippen LogP contribution >= 0.6 is 0 Å². The van der Waals surface area contributed by atoms with Gasteiger partial charge in [-0.25, -0.2) is 9.78 Å². The molecule has 0 fully saturated rings. The number of nitrogen functional groups attached to an aromatic ring is 1. The summed E-state index contributed by atoms with van der Waals surface area (Å²) in [6.45, 7) is 6.80. The van der Waals surface area contributed by atoms with E-state index in [0.29, 0.717) is 17.4 Å². The van der Waals surface area contributed by atoms with Gasteiger partial charge in [-0.3, -0.25) is 0 Å². The van der Waals surface area contributed by atoms with Gasteiger partial charge in [0.1, 0.15) is 0 Å². The third-order valence-electron chi connectivity index (χ3n) is 3.00. The van der Waals surface area contributed by atoms with Gasteiger partial charge in [-0.1, -0.05) is 13.8 Å². The number of carbonyl (C=O) groups excluding carboxylic acids is 1. The quantitative estimate of drug-likeness (QED) is 0.768. The van der Waals surface area contributed by atoms with Crippen LogP contribution < -0.4 is 10.6 Å². The summed E-state index contributed by atoms with van der Waals surface area (Å²) in [6.07, 6.45) is 0. The third-order valence-corrected chi connectivity index (χ3v) is 3.00. The lowest BCUT2D eigenvalue weighted by Crippen LogP contribution is -2.35. The number of methoxy groups -OCH3 is 1. The number of anilines is 2. The molecule has 0 saturated carbocycles. The van der Waals surface area contributed by atoms with Crippen LogP contribution in [-0.4, -0.2) is 56.7 Å². The minimum absolute atomic E-state index is 0.278. The van der Waals surface area contributed by atoms with Gasteiger partial charge in [0.05, 0.1) is 12.8 Å². The summed E-state index contributed by atoms with van der Waals surface area (Å²) in [4.78, 5) is 20.2. The number of rotatable bonds is 7. The summed E-state index contributed by atoms with van der Waals surface area (Å²) >= 11 is 0. The molecule has 1 aromatic heterocycles. The maximum absolute atomic E-state index is 11.6. The fourth-order valence-corrected chi connectivity index (χ4v) is 1.98. The molecule has 0 saturated heterocycles. The Morgan fingerprint density at radius 2 is 2.00 bits per heavy atom. The summed E-state index contributed by atoms with van der Waals surface area (Å²) in [5.41, 5.74) is 6.89. The number of esters is 1. The summed E-state index contributed by atoms with van der Waals surface area (Å²) in [6, 6.07) is 3.29. The molecule has 0 aromatic carbocycles. The lowest BCUT2D eigenvalue weighted by atomic mass is 10.2. The summed E-state index contributed by atoms with van der Waals surface area (Å²) < 4.78 is 4.72. The smallest absolute Gasteiger partial charge is 0.356 e. The fourth-order valence-electron chi connectivity index (χ4n) is 1.98. The molecule has 0 bridgehead atoms. The molecule has 21 heavy (non-hydrogen) atoms. The summed E-state index contributed by atoms with van der Waals surface area (Å²) in [5.74, 6) is 0.664. The van der Waals surface area contributed by atoms with Crippen LogP contribution in [0.25, 0.3) is 0 Å². The molecule has 6 nitrogen and oxygen atoms in total. The Labute approximate surface area is 126 Å². The van der Waals surface area contributed by atoms with Gasteiger partial charge in [-0.15, -0.1) is 0 Å². The van der Waals surface area contributed by atoms with E-state index in [1.54, 1.807) is 12.1 Å². The molecule has 0 aliphatic heterocycles. The second kappa shape index (κ2) is 7.83. The molecule has 0 aliphatic rings. The molecule has 2 N–H and O–H groups in total. The Morgan fingerprint density at radius 3 is 2.52 bits per heavy atom. The van der Waals surface area contributed by atoms with Crippen molar-refractivity contribution < 1.29 is 9.53 Å². The maximum Gasteiger partial charge on any atom is 0.356 e. The minimum atomic E-state index is -0.451. The zero-order valence-electron chi connectivity index (χ0n) is 13.6. The Kier molecular flexibility index (Phi) is 6.42. The third kappa shape index (κ3) is 5.23. The van der Waals surface area contributed by atoms with Crippen LogP contribution in [0.3, 0.4) is 0 Å². The molecule has 1 aromatic rings. The van der Waals surface area contributed by atoms with E-state index in [0.717, 1.165) is 19.6 Å². The summed E-state index contributed by atoms with van der Waals surface area (Å²) in [5, 5.41) is 0. The van der Waals surface area contributed by atoms with E-state index in [1.807, 2.05) is 14.1 Å². The van der Waals surface area contributed by atoms with Gasteiger partial charge in [0.2, 0.25) is 0 Å². The van der Waals surface area contributed by atoms with Crippen molar-refractivity contribution in [2.45, 2.75) is 13.8 Å². The first-order valence-corrected chi connectivity index (χ1v) is 7.09. The average Bonchev–Trinajstić information content (AvgIpc) is 2.42. The maximum atomic E-state index is 11.6. The predicted molar refractivity (Wildman–Crippen MR) is 85.6 cm³/mol. The summed E-state index contributed by atoms with van der Waals surface area (Å²) in [7, 11) is 5.39. The molecule has 0 aliphatic carbocycles. The van der Waals surface area contributed by atoms with Gasteiger partial charge in [-0.2, -0.15) is 0 Å². The van der Waals surface area contributed by atoms with Crippen molar-refractivity contribution in [1.29, 1.82) is 0 Å². The second-order valence-electron chi connectivity index (χ2n) is 5.74. The van der Waals surface area contributed by atoms with Gasteiger partial charge in [-0.05, 0) is 32.1 Å². The highest BCUT2D eigenvalue weighted by Gasteiger charge is 2.17. The molecule has 0 radical (unpaired) electrons. The Bertz CT molecular complexity index is 475. The molecule has 118 valence electrons. The largest absolute Gasteiger partial charge is 0.464 e. The fraction of sp³-hybridized carbons (Fsp3) is 0.600. The molecule has 1 heterocycles. The molecule has 0 spiro atoms. The van der Waals surface area contributed by atoms with Crippen molar-refractivity contribution in [1.82, 2.24) is 9.88 Å². The zero-order valence-corrected chi connectivity index (χ0v) is 13.6. The van der Waals surface area contributed by atoms with E-state index in [2.05, 4.69) is 28.6 Å². The van der Waals surface area contributed by atoms with Crippen molar-refractivity contribution in [2.24, 2.45) is 5.92 Å². The molecular weight excluding hydrogens is 268 g/mol. The van der Waals surface area contributed by atoms with E-state index < -0.39 is 5.97 Å². The van der Waals surface area contributed by atoms with Gasteiger partial charge in [0, 0.05) is 19.6 Å². The molecule has 0 amide bonds.